The molecule has 3 aliphatic rings. The highest BCUT2D eigenvalue weighted by molar-refractivity contribution is 5.98. The lowest BCUT2D eigenvalue weighted by atomic mass is 9.65. The standard InChI is InChI=1S/C20H25NO2/c1-23-18-6-8-21-13-16(18)4-5-19(22)20-7-2-3-15-9-14(11-20)10-17(15)12-20/h4-6,8,13-15,17H,2-3,7,9-12H2,1H3/b5-4+. The minimum absolute atomic E-state index is 0.0786. The van der Waals surface area contributed by atoms with Crippen molar-refractivity contribution in [3.63, 3.8) is 0 Å². The smallest absolute Gasteiger partial charge is 0.161 e. The van der Waals surface area contributed by atoms with Gasteiger partial charge in [0.2, 0.25) is 0 Å². The number of pyridine rings is 1. The van der Waals surface area contributed by atoms with E-state index < -0.39 is 0 Å². The molecule has 0 spiro atoms. The molecule has 3 fully saturated rings. The predicted octanol–water partition coefficient (Wildman–Crippen LogP) is 4.28. The quantitative estimate of drug-likeness (QED) is 0.779. The molecule has 0 radical (unpaired) electrons. The van der Waals surface area contributed by atoms with E-state index in [-0.39, 0.29) is 5.41 Å². The van der Waals surface area contributed by atoms with Crippen molar-refractivity contribution in [1.29, 1.82) is 0 Å². The van der Waals surface area contributed by atoms with Gasteiger partial charge in [0.1, 0.15) is 5.75 Å². The monoisotopic (exact) mass is 311 g/mol. The van der Waals surface area contributed by atoms with Gasteiger partial charge in [0.25, 0.3) is 0 Å². The molecule has 4 rings (SSSR count). The van der Waals surface area contributed by atoms with Gasteiger partial charge in [0.05, 0.1) is 7.11 Å². The van der Waals surface area contributed by atoms with Gasteiger partial charge in [0, 0.05) is 23.4 Å². The third-order valence-corrected chi connectivity index (χ3v) is 6.47. The Labute approximate surface area is 138 Å². The number of allylic oxidation sites excluding steroid dienone is 1. The average Bonchev–Trinajstić information content (AvgIpc) is 2.78. The summed E-state index contributed by atoms with van der Waals surface area (Å²) in [5.74, 6) is 3.61. The van der Waals surface area contributed by atoms with E-state index in [0.717, 1.165) is 48.3 Å². The van der Waals surface area contributed by atoms with E-state index in [1.165, 1.54) is 25.7 Å². The van der Waals surface area contributed by atoms with Crippen LogP contribution in [0, 0.1) is 23.2 Å². The van der Waals surface area contributed by atoms with Gasteiger partial charge in [-0.15, -0.1) is 0 Å². The van der Waals surface area contributed by atoms with Gasteiger partial charge < -0.3 is 4.74 Å². The minimum Gasteiger partial charge on any atom is -0.496 e. The molecule has 1 heterocycles. The fourth-order valence-corrected chi connectivity index (χ4v) is 5.52. The summed E-state index contributed by atoms with van der Waals surface area (Å²) in [6.07, 6.45) is 15.8. The van der Waals surface area contributed by atoms with Crippen LogP contribution in [0.25, 0.3) is 6.08 Å². The first-order valence-corrected chi connectivity index (χ1v) is 8.91. The van der Waals surface area contributed by atoms with Crippen molar-refractivity contribution in [2.75, 3.05) is 7.11 Å². The summed E-state index contributed by atoms with van der Waals surface area (Å²) in [4.78, 5) is 17.2. The molecule has 3 nitrogen and oxygen atoms in total. The molecule has 4 unspecified atom stereocenters. The lowest BCUT2D eigenvalue weighted by Gasteiger charge is -2.38. The molecule has 1 aromatic rings. The average molecular weight is 311 g/mol. The van der Waals surface area contributed by atoms with Gasteiger partial charge >= 0.3 is 0 Å². The molecule has 0 aliphatic heterocycles. The SMILES string of the molecule is COc1ccncc1/C=C/C(=O)C12CCCC3CC(CC3C1)C2. The maximum atomic E-state index is 13.1. The topological polar surface area (TPSA) is 39.2 Å². The molecule has 0 N–H and O–H groups in total. The van der Waals surface area contributed by atoms with Crippen molar-refractivity contribution < 1.29 is 9.53 Å². The zero-order chi connectivity index (χ0) is 15.9. The summed E-state index contributed by atoms with van der Waals surface area (Å²) < 4.78 is 5.34. The Kier molecular flexibility index (Phi) is 3.74. The number of ketones is 1. The Morgan fingerprint density at radius 2 is 2.22 bits per heavy atom. The molecule has 0 aromatic carbocycles. The summed E-state index contributed by atoms with van der Waals surface area (Å²) in [7, 11) is 1.65. The number of rotatable bonds is 4. The molecule has 122 valence electrons. The highest BCUT2D eigenvalue weighted by Gasteiger charge is 2.52. The van der Waals surface area contributed by atoms with Crippen LogP contribution < -0.4 is 4.74 Å². The zero-order valence-corrected chi connectivity index (χ0v) is 13.8. The summed E-state index contributed by atoms with van der Waals surface area (Å²) in [6.45, 7) is 0. The summed E-state index contributed by atoms with van der Waals surface area (Å²) in [5, 5.41) is 0. The van der Waals surface area contributed by atoms with Crippen molar-refractivity contribution in [3.05, 3.63) is 30.1 Å². The van der Waals surface area contributed by atoms with E-state index in [1.807, 2.05) is 12.1 Å². The minimum atomic E-state index is -0.0786. The third-order valence-electron chi connectivity index (χ3n) is 6.47. The van der Waals surface area contributed by atoms with E-state index in [1.54, 1.807) is 25.6 Å². The van der Waals surface area contributed by atoms with Crippen molar-refractivity contribution in [2.45, 2.75) is 44.9 Å². The van der Waals surface area contributed by atoms with Crippen LogP contribution in [0.3, 0.4) is 0 Å². The van der Waals surface area contributed by atoms with Gasteiger partial charge in [0.15, 0.2) is 5.78 Å². The highest BCUT2D eigenvalue weighted by atomic mass is 16.5. The summed E-state index contributed by atoms with van der Waals surface area (Å²) >= 11 is 0. The number of ether oxygens (including phenoxy) is 1. The first-order valence-electron chi connectivity index (χ1n) is 8.91. The van der Waals surface area contributed by atoms with Crippen LogP contribution in [0.1, 0.15) is 50.5 Å². The number of carbonyl (C=O) groups is 1. The van der Waals surface area contributed by atoms with E-state index in [9.17, 15) is 4.79 Å². The first-order chi connectivity index (χ1) is 11.2. The largest absolute Gasteiger partial charge is 0.496 e. The van der Waals surface area contributed by atoms with Crippen molar-refractivity contribution in [1.82, 2.24) is 4.98 Å². The fourth-order valence-electron chi connectivity index (χ4n) is 5.52. The number of hydrogen-bond donors (Lipinski definition) is 0. The fraction of sp³-hybridized carbons (Fsp3) is 0.600. The van der Waals surface area contributed by atoms with Crippen LogP contribution in [-0.4, -0.2) is 17.9 Å². The van der Waals surface area contributed by atoms with Crippen molar-refractivity contribution in [3.8, 4) is 5.75 Å². The lowest BCUT2D eigenvalue weighted by Crippen LogP contribution is -2.35. The molecule has 3 bridgehead atoms. The number of carbonyl (C=O) groups excluding carboxylic acids is 1. The third kappa shape index (κ3) is 2.60. The molecular formula is C20H25NO2. The number of aromatic nitrogens is 1. The van der Waals surface area contributed by atoms with Gasteiger partial charge in [-0.25, -0.2) is 0 Å². The van der Waals surface area contributed by atoms with E-state index >= 15 is 0 Å². The Hall–Kier alpha value is -1.64. The second kappa shape index (κ2) is 5.77. The Bertz CT molecular complexity index is 638. The Balaban J connectivity index is 1.57. The molecule has 4 atom stereocenters. The molecule has 3 aliphatic carbocycles. The molecule has 0 amide bonds. The number of hydrogen-bond acceptors (Lipinski definition) is 3. The summed E-state index contributed by atoms with van der Waals surface area (Å²) in [6, 6.07) is 1.83. The molecule has 1 aromatic heterocycles. The lowest BCUT2D eigenvalue weighted by molar-refractivity contribution is -0.127. The van der Waals surface area contributed by atoms with E-state index in [4.69, 9.17) is 4.74 Å². The van der Waals surface area contributed by atoms with Gasteiger partial charge in [-0.2, -0.15) is 0 Å². The van der Waals surface area contributed by atoms with E-state index in [2.05, 4.69) is 4.98 Å². The second-order valence-electron chi connectivity index (χ2n) is 7.75. The van der Waals surface area contributed by atoms with Crippen LogP contribution in [0.4, 0.5) is 0 Å². The highest BCUT2D eigenvalue weighted by Crippen LogP contribution is 2.59. The number of fused-ring (bicyclic) bond motifs is 2. The molecule has 0 saturated heterocycles. The van der Waals surface area contributed by atoms with Gasteiger partial charge in [-0.3, -0.25) is 9.78 Å². The molecule has 23 heavy (non-hydrogen) atoms. The normalized spacial score (nSPS) is 35.4. The predicted molar refractivity (Wildman–Crippen MR) is 90.1 cm³/mol. The molecule has 3 heteroatoms. The molecular weight excluding hydrogens is 286 g/mol. The van der Waals surface area contributed by atoms with Gasteiger partial charge in [-0.1, -0.05) is 12.8 Å². The Morgan fingerprint density at radius 3 is 3.09 bits per heavy atom. The van der Waals surface area contributed by atoms with E-state index in [0.29, 0.717) is 5.78 Å². The van der Waals surface area contributed by atoms with Crippen LogP contribution in [0.15, 0.2) is 24.5 Å². The number of methoxy groups -OCH3 is 1. The maximum Gasteiger partial charge on any atom is 0.161 e. The van der Waals surface area contributed by atoms with Crippen LogP contribution in [0.5, 0.6) is 5.75 Å². The van der Waals surface area contributed by atoms with Crippen LogP contribution >= 0.6 is 0 Å². The Morgan fingerprint density at radius 1 is 1.35 bits per heavy atom. The molecule has 3 saturated carbocycles. The van der Waals surface area contributed by atoms with Crippen LogP contribution in [0.2, 0.25) is 0 Å². The van der Waals surface area contributed by atoms with Crippen LogP contribution in [-0.2, 0) is 4.79 Å². The zero-order valence-electron chi connectivity index (χ0n) is 13.8. The van der Waals surface area contributed by atoms with Gasteiger partial charge in [-0.05, 0) is 68.1 Å². The number of nitrogens with zero attached hydrogens (tertiary/aromatic N) is 1. The van der Waals surface area contributed by atoms with Crippen molar-refractivity contribution in [2.24, 2.45) is 23.2 Å². The van der Waals surface area contributed by atoms with Crippen molar-refractivity contribution >= 4 is 11.9 Å². The summed E-state index contributed by atoms with van der Waals surface area (Å²) in [5.41, 5.74) is 0.801. The maximum absolute atomic E-state index is 13.1. The second-order valence-corrected chi connectivity index (χ2v) is 7.75. The first kappa shape index (κ1) is 14.9.